The molecular formula is C17H20N2O3. The highest BCUT2D eigenvalue weighted by molar-refractivity contribution is 5.90. The number of cyclic esters (lactones) is 1. The predicted molar refractivity (Wildman–Crippen MR) is 83.9 cm³/mol. The molecule has 1 fully saturated rings. The van der Waals surface area contributed by atoms with Gasteiger partial charge in [-0.2, -0.15) is 0 Å². The number of fused-ring (bicyclic) bond motifs is 1. The molecule has 1 aliphatic heterocycles. The average Bonchev–Trinajstić information content (AvgIpc) is 2.71. The van der Waals surface area contributed by atoms with Crippen molar-refractivity contribution in [2.24, 2.45) is 0 Å². The predicted octanol–water partition coefficient (Wildman–Crippen LogP) is 2.19. The molecule has 0 saturated carbocycles. The fourth-order valence-corrected chi connectivity index (χ4v) is 2.88. The summed E-state index contributed by atoms with van der Waals surface area (Å²) in [5, 5.41) is 2.69. The second kappa shape index (κ2) is 6.22. The van der Waals surface area contributed by atoms with Crippen molar-refractivity contribution in [1.82, 2.24) is 5.32 Å². The van der Waals surface area contributed by atoms with E-state index >= 15 is 0 Å². The highest BCUT2D eigenvalue weighted by Gasteiger charge is 2.32. The zero-order valence-corrected chi connectivity index (χ0v) is 12.7. The Morgan fingerprint density at radius 2 is 2.23 bits per heavy atom. The molecule has 1 aliphatic carbocycles. The maximum Gasteiger partial charge on any atom is 0.414 e. The monoisotopic (exact) mass is 300 g/mol. The standard InChI is InChI=1S/C17H20N2O3/c1-12(20)18-10-16-11-19(17(21)22-16)15-8-7-13-5-3-2-4-6-14(13)9-15/h2-3,7-9,16H,4-6,10-11H2,1H3,(H,18,20)/t16-/m0/s1. The molecule has 5 heteroatoms. The van der Waals surface area contributed by atoms with Crippen molar-refractivity contribution < 1.29 is 14.3 Å². The summed E-state index contributed by atoms with van der Waals surface area (Å²) in [5.74, 6) is -0.118. The first-order valence-electron chi connectivity index (χ1n) is 7.63. The van der Waals surface area contributed by atoms with E-state index in [-0.39, 0.29) is 18.1 Å². The normalized spacial score (nSPS) is 20.3. The molecule has 0 radical (unpaired) electrons. The van der Waals surface area contributed by atoms with Crippen molar-refractivity contribution >= 4 is 17.7 Å². The summed E-state index contributed by atoms with van der Waals surface area (Å²) in [6.45, 7) is 2.28. The minimum Gasteiger partial charge on any atom is -0.442 e. The van der Waals surface area contributed by atoms with Gasteiger partial charge in [0.15, 0.2) is 0 Å². The number of carbonyl (C=O) groups is 2. The zero-order chi connectivity index (χ0) is 15.5. The minimum atomic E-state index is -0.345. The Morgan fingerprint density at radius 3 is 3.05 bits per heavy atom. The summed E-state index contributed by atoms with van der Waals surface area (Å²) in [7, 11) is 0. The van der Waals surface area contributed by atoms with Gasteiger partial charge in [0.2, 0.25) is 5.91 Å². The maximum absolute atomic E-state index is 12.0. The second-order valence-electron chi connectivity index (χ2n) is 5.72. The molecule has 116 valence electrons. The van der Waals surface area contributed by atoms with Crippen LogP contribution in [0.2, 0.25) is 0 Å². The summed E-state index contributed by atoms with van der Waals surface area (Å²) in [6, 6.07) is 6.15. The Balaban J connectivity index is 1.73. The average molecular weight is 300 g/mol. The van der Waals surface area contributed by atoms with Crippen molar-refractivity contribution in [2.45, 2.75) is 32.3 Å². The molecule has 3 rings (SSSR count). The van der Waals surface area contributed by atoms with Gasteiger partial charge >= 0.3 is 6.09 Å². The number of anilines is 1. The quantitative estimate of drug-likeness (QED) is 0.871. The van der Waals surface area contributed by atoms with Crippen LogP contribution in [0.3, 0.4) is 0 Å². The molecule has 22 heavy (non-hydrogen) atoms. The molecule has 2 aliphatic rings. The van der Waals surface area contributed by atoms with Crippen LogP contribution in [0.1, 0.15) is 24.5 Å². The van der Waals surface area contributed by atoms with Gasteiger partial charge in [-0.1, -0.05) is 18.2 Å². The number of rotatable bonds is 3. The second-order valence-corrected chi connectivity index (χ2v) is 5.72. The Kier molecular flexibility index (Phi) is 4.13. The van der Waals surface area contributed by atoms with E-state index in [0.29, 0.717) is 13.1 Å². The number of ether oxygens (including phenoxy) is 1. The molecule has 0 aromatic heterocycles. The molecule has 0 spiro atoms. The number of benzene rings is 1. The lowest BCUT2D eigenvalue weighted by Gasteiger charge is -2.16. The van der Waals surface area contributed by atoms with Gasteiger partial charge in [0.05, 0.1) is 13.1 Å². The Labute approximate surface area is 129 Å². The van der Waals surface area contributed by atoms with Crippen molar-refractivity contribution in [2.75, 3.05) is 18.0 Å². The van der Waals surface area contributed by atoms with Crippen molar-refractivity contribution in [3.8, 4) is 0 Å². The first-order chi connectivity index (χ1) is 10.6. The fraction of sp³-hybridized carbons (Fsp3) is 0.412. The largest absolute Gasteiger partial charge is 0.442 e. The molecule has 2 amide bonds. The van der Waals surface area contributed by atoms with Crippen LogP contribution < -0.4 is 10.2 Å². The van der Waals surface area contributed by atoms with Gasteiger partial charge in [0, 0.05) is 12.6 Å². The van der Waals surface area contributed by atoms with Crippen LogP contribution >= 0.6 is 0 Å². The van der Waals surface area contributed by atoms with Gasteiger partial charge in [-0.15, -0.1) is 0 Å². The molecule has 1 atom stereocenters. The topological polar surface area (TPSA) is 58.6 Å². The number of hydrogen-bond acceptors (Lipinski definition) is 3. The Hall–Kier alpha value is -2.30. The smallest absolute Gasteiger partial charge is 0.414 e. The number of amides is 2. The van der Waals surface area contributed by atoms with Crippen LogP contribution in [0.25, 0.3) is 0 Å². The van der Waals surface area contributed by atoms with Crippen LogP contribution in [0.15, 0.2) is 30.4 Å². The molecule has 0 bridgehead atoms. The summed E-state index contributed by atoms with van der Waals surface area (Å²) in [6.07, 6.45) is 6.74. The number of nitrogens with one attached hydrogen (secondary N) is 1. The molecule has 1 aromatic rings. The fourth-order valence-electron chi connectivity index (χ4n) is 2.88. The van der Waals surface area contributed by atoms with Gasteiger partial charge < -0.3 is 10.1 Å². The van der Waals surface area contributed by atoms with Gasteiger partial charge in [0.25, 0.3) is 0 Å². The van der Waals surface area contributed by atoms with Crippen LogP contribution in [0, 0.1) is 0 Å². The minimum absolute atomic E-state index is 0.118. The molecule has 0 unspecified atom stereocenters. The van der Waals surface area contributed by atoms with E-state index in [1.807, 2.05) is 6.07 Å². The lowest BCUT2D eigenvalue weighted by atomic mass is 10.0. The molecular weight excluding hydrogens is 280 g/mol. The first-order valence-corrected chi connectivity index (χ1v) is 7.63. The number of nitrogens with zero attached hydrogens (tertiary/aromatic N) is 1. The SMILES string of the molecule is CC(=O)NC[C@H]1CN(c2ccc3c(c2)CCC=CC3)C(=O)O1. The molecule has 1 N–H and O–H groups in total. The Morgan fingerprint density at radius 1 is 1.36 bits per heavy atom. The van der Waals surface area contributed by atoms with Gasteiger partial charge in [0.1, 0.15) is 6.10 Å². The summed E-state index contributed by atoms with van der Waals surface area (Å²) >= 11 is 0. The number of carbonyl (C=O) groups excluding carboxylic acids is 2. The third-order valence-electron chi connectivity index (χ3n) is 4.04. The van der Waals surface area contributed by atoms with E-state index in [1.165, 1.54) is 18.1 Å². The van der Waals surface area contributed by atoms with E-state index in [0.717, 1.165) is 24.9 Å². The number of aryl methyl sites for hydroxylation is 1. The molecule has 1 heterocycles. The maximum atomic E-state index is 12.0. The molecule has 1 saturated heterocycles. The summed E-state index contributed by atoms with van der Waals surface area (Å²) < 4.78 is 5.31. The van der Waals surface area contributed by atoms with E-state index < -0.39 is 0 Å². The van der Waals surface area contributed by atoms with Gasteiger partial charge in [-0.3, -0.25) is 9.69 Å². The van der Waals surface area contributed by atoms with Gasteiger partial charge in [-0.05, 0) is 42.5 Å². The number of allylic oxidation sites excluding steroid dienone is 2. The summed E-state index contributed by atoms with van der Waals surface area (Å²) in [5.41, 5.74) is 3.48. The third kappa shape index (κ3) is 3.13. The van der Waals surface area contributed by atoms with E-state index in [1.54, 1.807) is 4.90 Å². The third-order valence-corrected chi connectivity index (χ3v) is 4.04. The van der Waals surface area contributed by atoms with E-state index in [2.05, 4.69) is 29.6 Å². The lowest BCUT2D eigenvalue weighted by molar-refractivity contribution is -0.119. The first kappa shape index (κ1) is 14.6. The Bertz CT molecular complexity index is 624. The molecule has 1 aromatic carbocycles. The van der Waals surface area contributed by atoms with Crippen LogP contribution in [-0.2, 0) is 22.4 Å². The van der Waals surface area contributed by atoms with E-state index in [4.69, 9.17) is 4.74 Å². The molecule has 5 nitrogen and oxygen atoms in total. The highest BCUT2D eigenvalue weighted by atomic mass is 16.6. The van der Waals surface area contributed by atoms with Crippen LogP contribution in [-0.4, -0.2) is 31.2 Å². The van der Waals surface area contributed by atoms with Crippen molar-refractivity contribution in [3.63, 3.8) is 0 Å². The lowest BCUT2D eigenvalue weighted by Crippen LogP contribution is -2.33. The van der Waals surface area contributed by atoms with Crippen molar-refractivity contribution in [1.29, 1.82) is 0 Å². The highest BCUT2D eigenvalue weighted by Crippen LogP contribution is 2.26. The van der Waals surface area contributed by atoms with Crippen molar-refractivity contribution in [3.05, 3.63) is 41.5 Å². The zero-order valence-electron chi connectivity index (χ0n) is 12.7. The van der Waals surface area contributed by atoms with Gasteiger partial charge in [-0.25, -0.2) is 4.79 Å². The summed E-state index contributed by atoms with van der Waals surface area (Å²) in [4.78, 5) is 24.6. The van der Waals surface area contributed by atoms with Crippen LogP contribution in [0.5, 0.6) is 0 Å². The number of hydrogen-bond donors (Lipinski definition) is 1. The van der Waals surface area contributed by atoms with E-state index in [9.17, 15) is 9.59 Å². The van der Waals surface area contributed by atoms with Crippen LogP contribution in [0.4, 0.5) is 10.5 Å².